The van der Waals surface area contributed by atoms with E-state index < -0.39 is 5.82 Å². The van der Waals surface area contributed by atoms with Crippen LogP contribution in [0.1, 0.15) is 12.8 Å². The smallest absolute Gasteiger partial charge is 0.159 e. The van der Waals surface area contributed by atoms with Crippen molar-refractivity contribution in [1.82, 2.24) is 4.37 Å². The van der Waals surface area contributed by atoms with E-state index >= 15 is 4.39 Å². The van der Waals surface area contributed by atoms with Crippen molar-refractivity contribution in [3.05, 3.63) is 53.3 Å². The second-order valence-electron chi connectivity index (χ2n) is 8.25. The molecule has 1 N–H and O–H groups in total. The van der Waals surface area contributed by atoms with Gasteiger partial charge in [0.25, 0.3) is 0 Å². The highest BCUT2D eigenvalue weighted by atomic mass is 35.5. The van der Waals surface area contributed by atoms with Gasteiger partial charge in [-0.05, 0) is 70.7 Å². The number of rotatable bonds is 2. The SMILES string of the molecule is Oc1cc(-c2c(Cl)cc3c(N4CC5CC(C5)C4)snc3c2F)c2ccccc2c1. The van der Waals surface area contributed by atoms with E-state index in [1.807, 2.05) is 30.3 Å². The van der Waals surface area contributed by atoms with Crippen LogP contribution in [0.25, 0.3) is 32.8 Å². The number of halogens is 2. The van der Waals surface area contributed by atoms with Crippen LogP contribution in [0.15, 0.2) is 42.5 Å². The lowest BCUT2D eigenvalue weighted by Gasteiger charge is -2.47. The number of benzene rings is 3. The highest BCUT2D eigenvalue weighted by Crippen LogP contribution is 2.47. The summed E-state index contributed by atoms with van der Waals surface area (Å²) in [4.78, 5) is 2.35. The van der Waals surface area contributed by atoms with Gasteiger partial charge in [0.15, 0.2) is 5.82 Å². The zero-order valence-corrected chi connectivity index (χ0v) is 17.1. The number of aromatic hydroxyl groups is 1. The number of aromatic nitrogens is 1. The quantitative estimate of drug-likeness (QED) is 0.401. The Balaban J connectivity index is 1.55. The van der Waals surface area contributed by atoms with E-state index in [-0.39, 0.29) is 5.75 Å². The van der Waals surface area contributed by atoms with Crippen molar-refractivity contribution in [2.75, 3.05) is 18.0 Å². The summed E-state index contributed by atoms with van der Waals surface area (Å²) >= 11 is 7.99. The molecule has 1 aromatic heterocycles. The van der Waals surface area contributed by atoms with Crippen LogP contribution in [0.5, 0.6) is 5.75 Å². The fourth-order valence-corrected chi connectivity index (χ4v) is 6.18. The molecule has 0 unspecified atom stereocenters. The second kappa shape index (κ2) is 6.31. The number of piperidine rings is 2. The Morgan fingerprint density at radius 1 is 1.07 bits per heavy atom. The first-order chi connectivity index (χ1) is 14.1. The fraction of sp³-hybridized carbons (Fsp3) is 0.261. The number of nitrogens with zero attached hydrogens (tertiary/aromatic N) is 2. The lowest BCUT2D eigenvalue weighted by Crippen LogP contribution is -2.48. The zero-order chi connectivity index (χ0) is 19.7. The molecule has 3 nitrogen and oxygen atoms in total. The summed E-state index contributed by atoms with van der Waals surface area (Å²) in [5.74, 6) is 1.17. The Morgan fingerprint density at radius 2 is 1.83 bits per heavy atom. The van der Waals surface area contributed by atoms with Gasteiger partial charge in [0, 0.05) is 24.0 Å². The van der Waals surface area contributed by atoms with Gasteiger partial charge in [-0.2, -0.15) is 4.37 Å². The van der Waals surface area contributed by atoms with Gasteiger partial charge in [-0.3, -0.25) is 0 Å². The van der Waals surface area contributed by atoms with Crippen LogP contribution in [0.2, 0.25) is 5.02 Å². The first kappa shape index (κ1) is 17.5. The topological polar surface area (TPSA) is 36.4 Å². The fourth-order valence-electron chi connectivity index (χ4n) is 5.01. The van der Waals surface area contributed by atoms with Gasteiger partial charge in [0.2, 0.25) is 0 Å². The summed E-state index contributed by atoms with van der Waals surface area (Å²) in [6.07, 6.45) is 2.63. The molecule has 2 bridgehead atoms. The molecule has 3 aliphatic rings. The summed E-state index contributed by atoms with van der Waals surface area (Å²) < 4.78 is 20.2. The molecule has 3 aromatic carbocycles. The number of hydrogen-bond donors (Lipinski definition) is 1. The van der Waals surface area contributed by atoms with E-state index in [0.717, 1.165) is 46.1 Å². The molecule has 2 aliphatic heterocycles. The van der Waals surface area contributed by atoms with E-state index in [1.165, 1.54) is 24.4 Å². The van der Waals surface area contributed by atoms with Crippen LogP contribution in [-0.2, 0) is 0 Å². The lowest BCUT2D eigenvalue weighted by atomic mass is 9.71. The van der Waals surface area contributed by atoms with E-state index in [1.54, 1.807) is 12.1 Å². The number of phenolic OH excluding ortho intramolecular Hbond substituents is 1. The molecule has 1 saturated carbocycles. The Labute approximate surface area is 176 Å². The minimum atomic E-state index is -0.423. The summed E-state index contributed by atoms with van der Waals surface area (Å²) in [6, 6.07) is 12.7. The number of hydrogen-bond acceptors (Lipinski definition) is 4. The molecule has 4 aromatic rings. The lowest BCUT2D eigenvalue weighted by molar-refractivity contribution is 0.159. The molecule has 0 radical (unpaired) electrons. The molecule has 1 aliphatic carbocycles. The molecule has 0 spiro atoms. The van der Waals surface area contributed by atoms with Gasteiger partial charge >= 0.3 is 0 Å². The molecule has 0 atom stereocenters. The van der Waals surface area contributed by atoms with Crippen molar-refractivity contribution in [3.63, 3.8) is 0 Å². The maximum Gasteiger partial charge on any atom is 0.159 e. The number of anilines is 1. The van der Waals surface area contributed by atoms with Crippen molar-refractivity contribution in [1.29, 1.82) is 0 Å². The van der Waals surface area contributed by atoms with Gasteiger partial charge in [-0.25, -0.2) is 4.39 Å². The van der Waals surface area contributed by atoms with Crippen LogP contribution in [0, 0.1) is 17.7 Å². The number of fused-ring (bicyclic) bond motifs is 4. The van der Waals surface area contributed by atoms with Crippen molar-refractivity contribution in [2.45, 2.75) is 12.8 Å². The van der Waals surface area contributed by atoms with Crippen molar-refractivity contribution in [2.24, 2.45) is 11.8 Å². The molecule has 6 heteroatoms. The van der Waals surface area contributed by atoms with Crippen LogP contribution in [-0.4, -0.2) is 22.6 Å². The van der Waals surface area contributed by atoms with E-state index in [4.69, 9.17) is 11.6 Å². The van der Waals surface area contributed by atoms with Crippen molar-refractivity contribution in [3.8, 4) is 16.9 Å². The molecule has 146 valence electrons. The monoisotopic (exact) mass is 424 g/mol. The van der Waals surface area contributed by atoms with E-state index in [9.17, 15) is 5.11 Å². The molecular weight excluding hydrogens is 407 g/mol. The first-order valence-corrected chi connectivity index (χ1v) is 11.0. The average molecular weight is 425 g/mol. The Bertz CT molecular complexity index is 1270. The Kier molecular flexibility index (Phi) is 3.81. The Hall–Kier alpha value is -2.37. The average Bonchev–Trinajstić information content (AvgIpc) is 3.11. The highest BCUT2D eigenvalue weighted by molar-refractivity contribution is 7.11. The van der Waals surface area contributed by atoms with Gasteiger partial charge < -0.3 is 10.0 Å². The van der Waals surface area contributed by atoms with E-state index in [2.05, 4.69) is 9.27 Å². The van der Waals surface area contributed by atoms with Crippen molar-refractivity contribution < 1.29 is 9.50 Å². The van der Waals surface area contributed by atoms with Crippen LogP contribution in [0.4, 0.5) is 9.39 Å². The Morgan fingerprint density at radius 3 is 2.62 bits per heavy atom. The normalized spacial score (nSPS) is 21.0. The van der Waals surface area contributed by atoms with E-state index in [0.29, 0.717) is 21.7 Å². The third kappa shape index (κ3) is 2.64. The molecule has 3 heterocycles. The third-order valence-electron chi connectivity index (χ3n) is 6.34. The molecular formula is C23H18ClFN2OS. The summed E-state index contributed by atoms with van der Waals surface area (Å²) in [7, 11) is 0. The zero-order valence-electron chi connectivity index (χ0n) is 15.5. The molecule has 0 amide bonds. The van der Waals surface area contributed by atoms with Crippen LogP contribution < -0.4 is 4.90 Å². The highest BCUT2D eigenvalue weighted by Gasteiger charge is 2.38. The van der Waals surface area contributed by atoms with Gasteiger partial charge in [0.05, 0.1) is 5.02 Å². The van der Waals surface area contributed by atoms with Gasteiger partial charge in [-0.15, -0.1) is 0 Å². The third-order valence-corrected chi connectivity index (χ3v) is 7.56. The predicted octanol–water partition coefficient (Wildman–Crippen LogP) is 6.46. The maximum absolute atomic E-state index is 15.7. The minimum absolute atomic E-state index is 0.0840. The standard InChI is InChI=1S/C23H18ClFN2OS/c24-19-9-18-22(26-29-23(18)27-10-12-5-13(6-12)11-27)21(25)20(19)17-8-15(28)7-14-3-1-2-4-16(14)17/h1-4,7-9,12-13,28H,5-6,10-11H2. The predicted molar refractivity (Wildman–Crippen MR) is 118 cm³/mol. The first-order valence-electron chi connectivity index (χ1n) is 9.83. The maximum atomic E-state index is 15.7. The number of phenols is 1. The largest absolute Gasteiger partial charge is 0.508 e. The summed E-state index contributed by atoms with van der Waals surface area (Å²) in [6.45, 7) is 2.04. The van der Waals surface area contributed by atoms with Crippen LogP contribution in [0.3, 0.4) is 0 Å². The van der Waals surface area contributed by atoms with Crippen molar-refractivity contribution >= 4 is 49.8 Å². The minimum Gasteiger partial charge on any atom is -0.508 e. The van der Waals surface area contributed by atoms with Crippen LogP contribution >= 0.6 is 23.1 Å². The van der Waals surface area contributed by atoms with Gasteiger partial charge in [-0.1, -0.05) is 35.9 Å². The molecule has 7 rings (SSSR count). The molecule has 2 saturated heterocycles. The summed E-state index contributed by atoms with van der Waals surface area (Å²) in [5, 5.41) is 14.0. The second-order valence-corrected chi connectivity index (χ2v) is 9.41. The molecule has 29 heavy (non-hydrogen) atoms. The van der Waals surface area contributed by atoms with Gasteiger partial charge in [0.1, 0.15) is 16.3 Å². The summed E-state index contributed by atoms with van der Waals surface area (Å²) in [5.41, 5.74) is 1.24. The molecule has 3 fully saturated rings.